The highest BCUT2D eigenvalue weighted by Gasteiger charge is 2.01. The Morgan fingerprint density at radius 3 is 1.56 bits per heavy atom. The average molecular weight is 255 g/mol. The van der Waals surface area contributed by atoms with E-state index in [0.29, 0.717) is 6.04 Å². The highest BCUT2D eigenvalue weighted by molar-refractivity contribution is 4.57. The van der Waals surface area contributed by atoms with Crippen LogP contribution in [0.5, 0.6) is 0 Å². The lowest BCUT2D eigenvalue weighted by Gasteiger charge is -2.20. The van der Waals surface area contributed by atoms with Crippen LogP contribution in [-0.4, -0.2) is 24.5 Å². The van der Waals surface area contributed by atoms with E-state index in [1.807, 2.05) is 0 Å². The first-order valence-electron chi connectivity index (χ1n) is 8.24. The van der Waals surface area contributed by atoms with Crippen molar-refractivity contribution in [2.75, 3.05) is 13.6 Å². The van der Waals surface area contributed by atoms with Crippen LogP contribution in [-0.2, 0) is 0 Å². The topological polar surface area (TPSA) is 3.24 Å². The van der Waals surface area contributed by atoms with Crippen molar-refractivity contribution in [3.8, 4) is 0 Å². The summed E-state index contributed by atoms with van der Waals surface area (Å²) in [5.74, 6) is 0.892. The molecular formula is C17H37N. The summed E-state index contributed by atoms with van der Waals surface area (Å²) in [5, 5.41) is 0. The second-order valence-corrected chi connectivity index (χ2v) is 6.59. The lowest BCUT2D eigenvalue weighted by molar-refractivity contribution is 0.267. The molecule has 0 saturated heterocycles. The number of nitrogens with zero attached hydrogens (tertiary/aromatic N) is 1. The molecule has 0 heterocycles. The number of unbranched alkanes of at least 4 members (excludes halogenated alkanes) is 7. The van der Waals surface area contributed by atoms with E-state index in [0.717, 1.165) is 5.92 Å². The largest absolute Gasteiger partial charge is 0.304 e. The molecule has 0 radical (unpaired) electrons. The molecule has 0 atom stereocenters. The molecule has 0 aliphatic carbocycles. The van der Waals surface area contributed by atoms with Gasteiger partial charge in [-0.1, -0.05) is 65.2 Å². The molecule has 110 valence electrons. The van der Waals surface area contributed by atoms with E-state index in [4.69, 9.17) is 0 Å². The van der Waals surface area contributed by atoms with Gasteiger partial charge in [0, 0.05) is 6.04 Å². The molecule has 18 heavy (non-hydrogen) atoms. The molecule has 0 spiro atoms. The Hall–Kier alpha value is -0.0400. The van der Waals surface area contributed by atoms with Gasteiger partial charge in [0.25, 0.3) is 0 Å². The van der Waals surface area contributed by atoms with Crippen LogP contribution in [0.2, 0.25) is 0 Å². The van der Waals surface area contributed by atoms with Gasteiger partial charge in [-0.3, -0.25) is 0 Å². The molecule has 0 aliphatic rings. The predicted octanol–water partition coefficient (Wildman–Crippen LogP) is 5.49. The summed E-state index contributed by atoms with van der Waals surface area (Å²) in [5.41, 5.74) is 0. The van der Waals surface area contributed by atoms with Crippen molar-refractivity contribution in [1.82, 2.24) is 4.90 Å². The first-order valence-corrected chi connectivity index (χ1v) is 8.24. The average Bonchev–Trinajstić information content (AvgIpc) is 2.30. The van der Waals surface area contributed by atoms with Gasteiger partial charge in [0.15, 0.2) is 0 Å². The summed E-state index contributed by atoms with van der Waals surface area (Å²) in [6.07, 6.45) is 12.9. The minimum atomic E-state index is 0.700. The molecule has 0 rings (SSSR count). The van der Waals surface area contributed by atoms with E-state index < -0.39 is 0 Å². The maximum absolute atomic E-state index is 2.45. The zero-order chi connectivity index (χ0) is 13.8. The zero-order valence-corrected chi connectivity index (χ0v) is 13.7. The Morgan fingerprint density at radius 2 is 1.11 bits per heavy atom. The molecule has 0 aromatic rings. The van der Waals surface area contributed by atoms with Crippen molar-refractivity contribution < 1.29 is 0 Å². The van der Waals surface area contributed by atoms with Crippen molar-refractivity contribution in [2.24, 2.45) is 5.92 Å². The van der Waals surface area contributed by atoms with Gasteiger partial charge in [-0.05, 0) is 39.8 Å². The molecule has 0 amide bonds. The van der Waals surface area contributed by atoms with Crippen LogP contribution in [0.1, 0.15) is 85.5 Å². The number of rotatable bonds is 12. The molecule has 0 bridgehead atoms. The lowest BCUT2D eigenvalue weighted by Crippen LogP contribution is -2.27. The summed E-state index contributed by atoms with van der Waals surface area (Å²) in [4.78, 5) is 2.45. The highest BCUT2D eigenvalue weighted by Crippen LogP contribution is 2.12. The minimum Gasteiger partial charge on any atom is -0.304 e. The molecule has 1 nitrogen and oxygen atoms in total. The van der Waals surface area contributed by atoms with Gasteiger partial charge in [-0.2, -0.15) is 0 Å². The van der Waals surface area contributed by atoms with E-state index in [-0.39, 0.29) is 0 Å². The van der Waals surface area contributed by atoms with Gasteiger partial charge >= 0.3 is 0 Å². The summed E-state index contributed by atoms with van der Waals surface area (Å²) in [6.45, 7) is 10.5. The second-order valence-electron chi connectivity index (χ2n) is 6.59. The molecule has 0 unspecified atom stereocenters. The Bertz CT molecular complexity index is 163. The normalized spacial score (nSPS) is 12.0. The molecule has 0 N–H and O–H groups in total. The minimum absolute atomic E-state index is 0.700. The fraction of sp³-hybridized carbons (Fsp3) is 1.00. The zero-order valence-electron chi connectivity index (χ0n) is 13.7. The number of hydrogen-bond donors (Lipinski definition) is 0. The Kier molecular flexibility index (Phi) is 12.0. The quantitative estimate of drug-likeness (QED) is 0.417. The Morgan fingerprint density at radius 1 is 0.667 bits per heavy atom. The van der Waals surface area contributed by atoms with Crippen LogP contribution >= 0.6 is 0 Å². The van der Waals surface area contributed by atoms with Crippen molar-refractivity contribution >= 4 is 0 Å². The smallest absolute Gasteiger partial charge is 0.00355 e. The van der Waals surface area contributed by atoms with Gasteiger partial charge in [0.1, 0.15) is 0 Å². The van der Waals surface area contributed by atoms with E-state index in [9.17, 15) is 0 Å². The predicted molar refractivity (Wildman–Crippen MR) is 84.2 cm³/mol. The molecule has 0 aliphatic heterocycles. The van der Waals surface area contributed by atoms with Crippen LogP contribution < -0.4 is 0 Å². The molecule has 0 saturated carbocycles. The molecule has 0 aromatic heterocycles. The molecular weight excluding hydrogens is 218 g/mol. The third-order valence-electron chi connectivity index (χ3n) is 3.92. The van der Waals surface area contributed by atoms with Crippen LogP contribution in [0, 0.1) is 5.92 Å². The van der Waals surface area contributed by atoms with Gasteiger partial charge in [-0.15, -0.1) is 0 Å². The molecule has 0 aromatic carbocycles. The molecule has 1 heteroatoms. The highest BCUT2D eigenvalue weighted by atomic mass is 15.1. The summed E-state index contributed by atoms with van der Waals surface area (Å²) in [7, 11) is 2.24. The standard InChI is InChI=1S/C17H37N/c1-16(2)14-12-10-8-6-7-9-11-13-15-18(5)17(3)4/h16-17H,6-15H2,1-5H3. The summed E-state index contributed by atoms with van der Waals surface area (Å²) in [6, 6.07) is 0.700. The Labute approximate surface area is 116 Å². The maximum Gasteiger partial charge on any atom is 0.00355 e. The Balaban J connectivity index is 3.08. The van der Waals surface area contributed by atoms with Gasteiger partial charge in [-0.25, -0.2) is 0 Å². The second kappa shape index (κ2) is 12.0. The van der Waals surface area contributed by atoms with Gasteiger partial charge in [0.05, 0.1) is 0 Å². The molecule has 0 fully saturated rings. The van der Waals surface area contributed by atoms with Crippen LogP contribution in [0.15, 0.2) is 0 Å². The fourth-order valence-electron chi connectivity index (χ4n) is 2.23. The van der Waals surface area contributed by atoms with Crippen molar-refractivity contribution in [2.45, 2.75) is 91.5 Å². The van der Waals surface area contributed by atoms with E-state index in [1.54, 1.807) is 0 Å². The van der Waals surface area contributed by atoms with Gasteiger partial charge < -0.3 is 4.90 Å². The van der Waals surface area contributed by atoms with Crippen molar-refractivity contribution in [3.05, 3.63) is 0 Å². The summed E-state index contributed by atoms with van der Waals surface area (Å²) < 4.78 is 0. The third-order valence-corrected chi connectivity index (χ3v) is 3.92. The third kappa shape index (κ3) is 12.4. The van der Waals surface area contributed by atoms with Crippen LogP contribution in [0.25, 0.3) is 0 Å². The lowest BCUT2D eigenvalue weighted by atomic mass is 10.0. The summed E-state index contributed by atoms with van der Waals surface area (Å²) >= 11 is 0. The SMILES string of the molecule is CC(C)CCCCCCCCCCN(C)C(C)C. The van der Waals surface area contributed by atoms with Gasteiger partial charge in [0.2, 0.25) is 0 Å². The monoisotopic (exact) mass is 255 g/mol. The van der Waals surface area contributed by atoms with Crippen LogP contribution in [0.4, 0.5) is 0 Å². The van der Waals surface area contributed by atoms with E-state index >= 15 is 0 Å². The first-order chi connectivity index (χ1) is 8.54. The number of hydrogen-bond acceptors (Lipinski definition) is 1. The fourth-order valence-corrected chi connectivity index (χ4v) is 2.23. The van der Waals surface area contributed by atoms with Crippen LogP contribution in [0.3, 0.4) is 0 Å². The van der Waals surface area contributed by atoms with Crippen molar-refractivity contribution in [3.63, 3.8) is 0 Å². The van der Waals surface area contributed by atoms with E-state index in [2.05, 4.69) is 39.6 Å². The van der Waals surface area contributed by atoms with E-state index in [1.165, 1.54) is 64.3 Å². The maximum atomic E-state index is 2.45. The van der Waals surface area contributed by atoms with Crippen molar-refractivity contribution in [1.29, 1.82) is 0 Å². The first kappa shape index (κ1) is 18.0.